The molecule has 0 radical (unpaired) electrons. The number of nitrogens with zero attached hydrogens (tertiary/aromatic N) is 3. The molecule has 0 amide bonds. The Bertz CT molecular complexity index is 530. The molecule has 3 heterocycles. The number of thiophene rings is 1. The Morgan fingerprint density at radius 1 is 1.56 bits per heavy atom. The molecule has 0 spiro atoms. The van der Waals surface area contributed by atoms with E-state index in [-0.39, 0.29) is 6.10 Å². The lowest BCUT2D eigenvalue weighted by Crippen LogP contribution is -2.43. The SMILES string of the molecule is CN1CCO[C@@H](CNc2ncnc3ccsc23)C1. The number of anilines is 1. The van der Waals surface area contributed by atoms with Crippen LogP contribution in [0.4, 0.5) is 5.82 Å². The van der Waals surface area contributed by atoms with E-state index in [1.54, 1.807) is 17.7 Å². The molecule has 0 aromatic carbocycles. The summed E-state index contributed by atoms with van der Waals surface area (Å²) in [6.45, 7) is 3.57. The van der Waals surface area contributed by atoms with Gasteiger partial charge in [-0.25, -0.2) is 9.97 Å². The average Bonchev–Trinajstić information content (AvgIpc) is 2.85. The smallest absolute Gasteiger partial charge is 0.147 e. The topological polar surface area (TPSA) is 50.3 Å². The summed E-state index contributed by atoms with van der Waals surface area (Å²) < 4.78 is 6.83. The first-order valence-corrected chi connectivity index (χ1v) is 6.93. The van der Waals surface area contributed by atoms with E-state index in [4.69, 9.17) is 4.74 Å². The number of ether oxygens (including phenoxy) is 1. The van der Waals surface area contributed by atoms with Gasteiger partial charge in [-0.3, -0.25) is 0 Å². The third-order valence-corrected chi connectivity index (χ3v) is 3.99. The van der Waals surface area contributed by atoms with Crippen LogP contribution in [0.1, 0.15) is 0 Å². The fourth-order valence-electron chi connectivity index (χ4n) is 2.12. The number of nitrogens with one attached hydrogen (secondary N) is 1. The van der Waals surface area contributed by atoms with Gasteiger partial charge in [-0.2, -0.15) is 0 Å². The molecule has 1 aliphatic heterocycles. The van der Waals surface area contributed by atoms with Crippen LogP contribution in [0.15, 0.2) is 17.8 Å². The van der Waals surface area contributed by atoms with Crippen LogP contribution < -0.4 is 5.32 Å². The summed E-state index contributed by atoms with van der Waals surface area (Å²) >= 11 is 1.66. The molecule has 5 nitrogen and oxygen atoms in total. The van der Waals surface area contributed by atoms with Gasteiger partial charge < -0.3 is 15.0 Å². The molecule has 6 heteroatoms. The molecule has 0 unspecified atom stereocenters. The Hall–Kier alpha value is -1.24. The molecule has 1 N–H and O–H groups in total. The minimum Gasteiger partial charge on any atom is -0.374 e. The monoisotopic (exact) mass is 264 g/mol. The number of morpholine rings is 1. The zero-order valence-electron chi connectivity index (χ0n) is 10.3. The Balaban J connectivity index is 1.67. The molecule has 0 saturated carbocycles. The Kier molecular flexibility index (Phi) is 3.40. The van der Waals surface area contributed by atoms with Crippen molar-refractivity contribution >= 4 is 27.4 Å². The van der Waals surface area contributed by atoms with Crippen LogP contribution in [0.3, 0.4) is 0 Å². The van der Waals surface area contributed by atoms with Crippen molar-refractivity contribution in [2.75, 3.05) is 38.6 Å². The second-order valence-corrected chi connectivity index (χ2v) is 5.41. The van der Waals surface area contributed by atoms with Crippen molar-refractivity contribution in [2.24, 2.45) is 0 Å². The second-order valence-electron chi connectivity index (χ2n) is 4.49. The normalized spacial score (nSPS) is 21.3. The van der Waals surface area contributed by atoms with Gasteiger partial charge in [0, 0.05) is 19.6 Å². The third-order valence-electron chi connectivity index (χ3n) is 3.08. The first-order chi connectivity index (χ1) is 8.83. The molecule has 0 aliphatic carbocycles. The molecule has 1 fully saturated rings. The van der Waals surface area contributed by atoms with E-state index >= 15 is 0 Å². The number of hydrogen-bond donors (Lipinski definition) is 1. The standard InChI is InChI=1S/C12H16N4OS/c1-16-3-4-17-9(7-16)6-13-12-11-10(2-5-18-11)14-8-15-12/h2,5,8-9H,3-4,6-7H2,1H3,(H,13,14,15)/t9-/m0/s1. The number of rotatable bonds is 3. The van der Waals surface area contributed by atoms with E-state index in [0.29, 0.717) is 0 Å². The van der Waals surface area contributed by atoms with Gasteiger partial charge in [0.2, 0.25) is 0 Å². The van der Waals surface area contributed by atoms with E-state index in [0.717, 1.165) is 42.3 Å². The summed E-state index contributed by atoms with van der Waals surface area (Å²) in [4.78, 5) is 10.8. The summed E-state index contributed by atoms with van der Waals surface area (Å²) in [6.07, 6.45) is 1.83. The van der Waals surface area contributed by atoms with Crippen molar-refractivity contribution in [3.05, 3.63) is 17.8 Å². The zero-order valence-corrected chi connectivity index (χ0v) is 11.1. The fourth-order valence-corrected chi connectivity index (χ4v) is 2.93. The number of likely N-dealkylation sites (N-methyl/N-ethyl adjacent to an activating group) is 1. The first kappa shape index (κ1) is 11.8. The minimum atomic E-state index is 0.230. The summed E-state index contributed by atoms with van der Waals surface area (Å²) in [7, 11) is 2.12. The van der Waals surface area contributed by atoms with Crippen LogP contribution in [0.25, 0.3) is 10.2 Å². The van der Waals surface area contributed by atoms with Gasteiger partial charge in [0.15, 0.2) is 0 Å². The van der Waals surface area contributed by atoms with Crippen molar-refractivity contribution in [2.45, 2.75) is 6.10 Å². The molecule has 18 heavy (non-hydrogen) atoms. The van der Waals surface area contributed by atoms with Gasteiger partial charge in [-0.1, -0.05) is 0 Å². The van der Waals surface area contributed by atoms with Gasteiger partial charge in [-0.15, -0.1) is 11.3 Å². The minimum absolute atomic E-state index is 0.230. The molecule has 96 valence electrons. The number of fused-ring (bicyclic) bond motifs is 1. The maximum absolute atomic E-state index is 5.72. The third kappa shape index (κ3) is 2.45. The van der Waals surface area contributed by atoms with Crippen molar-refractivity contribution in [1.82, 2.24) is 14.9 Å². The maximum atomic E-state index is 5.72. The second kappa shape index (κ2) is 5.17. The van der Waals surface area contributed by atoms with Crippen LogP contribution in [0, 0.1) is 0 Å². The number of aromatic nitrogens is 2. The van der Waals surface area contributed by atoms with E-state index in [1.165, 1.54) is 0 Å². The molecule has 1 atom stereocenters. The van der Waals surface area contributed by atoms with E-state index in [9.17, 15) is 0 Å². The van der Waals surface area contributed by atoms with Crippen LogP contribution >= 0.6 is 11.3 Å². The molecule has 2 aromatic heterocycles. The van der Waals surface area contributed by atoms with Crippen LogP contribution in [0.5, 0.6) is 0 Å². The highest BCUT2D eigenvalue weighted by atomic mass is 32.1. The van der Waals surface area contributed by atoms with Crippen molar-refractivity contribution in [3.8, 4) is 0 Å². The van der Waals surface area contributed by atoms with Crippen LogP contribution in [-0.4, -0.2) is 54.3 Å². The van der Waals surface area contributed by atoms with Gasteiger partial charge in [0.05, 0.1) is 22.9 Å². The van der Waals surface area contributed by atoms with Crippen LogP contribution in [0.2, 0.25) is 0 Å². The molecule has 0 bridgehead atoms. The lowest BCUT2D eigenvalue weighted by molar-refractivity contribution is -0.0117. The molecule has 3 rings (SSSR count). The average molecular weight is 264 g/mol. The van der Waals surface area contributed by atoms with Crippen LogP contribution in [-0.2, 0) is 4.74 Å². The fraction of sp³-hybridized carbons (Fsp3) is 0.500. The summed E-state index contributed by atoms with van der Waals surface area (Å²) in [5.74, 6) is 0.909. The van der Waals surface area contributed by atoms with Crippen molar-refractivity contribution in [1.29, 1.82) is 0 Å². The predicted octanol–water partition coefficient (Wildman–Crippen LogP) is 1.43. The largest absolute Gasteiger partial charge is 0.374 e. The van der Waals surface area contributed by atoms with Crippen molar-refractivity contribution < 1.29 is 4.74 Å². The first-order valence-electron chi connectivity index (χ1n) is 6.05. The quantitative estimate of drug-likeness (QED) is 0.909. The van der Waals surface area contributed by atoms with Crippen molar-refractivity contribution in [3.63, 3.8) is 0 Å². The van der Waals surface area contributed by atoms with Gasteiger partial charge >= 0.3 is 0 Å². The number of hydrogen-bond acceptors (Lipinski definition) is 6. The maximum Gasteiger partial charge on any atom is 0.147 e. The molecular formula is C12H16N4OS. The lowest BCUT2D eigenvalue weighted by atomic mass is 10.3. The predicted molar refractivity (Wildman–Crippen MR) is 73.1 cm³/mol. The molecule has 2 aromatic rings. The highest BCUT2D eigenvalue weighted by Crippen LogP contribution is 2.24. The summed E-state index contributed by atoms with van der Waals surface area (Å²) in [5, 5.41) is 5.41. The van der Waals surface area contributed by atoms with E-state index < -0.39 is 0 Å². The highest BCUT2D eigenvalue weighted by molar-refractivity contribution is 7.17. The Morgan fingerprint density at radius 2 is 2.50 bits per heavy atom. The van der Waals surface area contributed by atoms with Gasteiger partial charge in [0.25, 0.3) is 0 Å². The van der Waals surface area contributed by atoms with Gasteiger partial charge in [0.1, 0.15) is 12.1 Å². The summed E-state index contributed by atoms with van der Waals surface area (Å²) in [5.41, 5.74) is 0.999. The van der Waals surface area contributed by atoms with E-state index in [2.05, 4.69) is 27.2 Å². The van der Waals surface area contributed by atoms with E-state index in [1.807, 2.05) is 11.4 Å². The molecular weight excluding hydrogens is 248 g/mol. The molecule has 1 aliphatic rings. The zero-order chi connectivity index (χ0) is 12.4. The lowest BCUT2D eigenvalue weighted by Gasteiger charge is -2.30. The Morgan fingerprint density at radius 3 is 3.39 bits per heavy atom. The highest BCUT2D eigenvalue weighted by Gasteiger charge is 2.17. The van der Waals surface area contributed by atoms with Gasteiger partial charge in [-0.05, 0) is 18.5 Å². The summed E-state index contributed by atoms with van der Waals surface area (Å²) in [6, 6.07) is 2.01. The Labute approximate surface area is 110 Å². The molecule has 1 saturated heterocycles.